The molecular weight excluding hydrogens is 346 g/mol. The van der Waals surface area contributed by atoms with Crippen molar-refractivity contribution in [2.45, 2.75) is 12.8 Å². The highest BCUT2D eigenvalue weighted by Gasteiger charge is 2.31. The Morgan fingerprint density at radius 2 is 1.89 bits per heavy atom. The first kappa shape index (κ1) is 18.4. The van der Waals surface area contributed by atoms with Gasteiger partial charge in [0.15, 0.2) is 0 Å². The number of esters is 1. The van der Waals surface area contributed by atoms with E-state index >= 15 is 0 Å². The number of hydrogen-bond donors (Lipinski definition) is 2. The molecule has 8 nitrogen and oxygen atoms in total. The molecule has 140 valence electrons. The minimum absolute atomic E-state index is 0.0595. The molecular formula is C19H21N5O3. The lowest BCUT2D eigenvalue weighted by Gasteiger charge is -2.18. The summed E-state index contributed by atoms with van der Waals surface area (Å²) in [6.07, 6.45) is 2.41. The van der Waals surface area contributed by atoms with Crippen LogP contribution in [-0.4, -0.2) is 43.0 Å². The van der Waals surface area contributed by atoms with E-state index in [1.807, 2.05) is 24.3 Å². The lowest BCUT2D eigenvalue weighted by atomic mass is 10.1. The zero-order chi connectivity index (χ0) is 19.4. The van der Waals surface area contributed by atoms with E-state index < -0.39 is 0 Å². The highest BCUT2D eigenvalue weighted by molar-refractivity contribution is 6.05. The molecule has 1 aliphatic heterocycles. The van der Waals surface area contributed by atoms with E-state index in [1.54, 1.807) is 21.9 Å². The van der Waals surface area contributed by atoms with Crippen LogP contribution < -0.4 is 15.5 Å². The Bertz CT molecular complexity index is 849. The number of hydrogen-bond acceptors (Lipinski definition) is 5. The van der Waals surface area contributed by atoms with Gasteiger partial charge in [0.1, 0.15) is 11.7 Å². The molecule has 1 aliphatic rings. The molecule has 0 spiro atoms. The van der Waals surface area contributed by atoms with Gasteiger partial charge in [0.2, 0.25) is 0 Å². The number of ether oxygens (including phenoxy) is 1. The maximum absolute atomic E-state index is 12.7. The number of amidine groups is 1. The summed E-state index contributed by atoms with van der Waals surface area (Å²) in [5.41, 5.74) is 7.75. The van der Waals surface area contributed by atoms with Crippen molar-refractivity contribution in [1.82, 2.24) is 4.98 Å². The number of amides is 2. The van der Waals surface area contributed by atoms with Gasteiger partial charge in [0.25, 0.3) is 0 Å². The number of carbonyl (C=O) groups excluding carboxylic acids is 2. The summed E-state index contributed by atoms with van der Waals surface area (Å²) in [7, 11) is 1.37. The molecule has 0 aliphatic carbocycles. The van der Waals surface area contributed by atoms with Gasteiger partial charge in [-0.1, -0.05) is 12.1 Å². The van der Waals surface area contributed by atoms with Crippen molar-refractivity contribution in [1.29, 1.82) is 5.41 Å². The monoisotopic (exact) mass is 367 g/mol. The molecule has 0 bridgehead atoms. The summed E-state index contributed by atoms with van der Waals surface area (Å²) in [6, 6.07) is 10.8. The Morgan fingerprint density at radius 3 is 2.48 bits per heavy atom. The van der Waals surface area contributed by atoms with Crippen molar-refractivity contribution in [3.8, 4) is 0 Å². The highest BCUT2D eigenvalue weighted by Crippen LogP contribution is 2.24. The van der Waals surface area contributed by atoms with Crippen molar-refractivity contribution >= 4 is 29.3 Å². The Balaban J connectivity index is 1.67. The van der Waals surface area contributed by atoms with Crippen LogP contribution in [0, 0.1) is 5.41 Å². The van der Waals surface area contributed by atoms with Crippen LogP contribution in [0.5, 0.6) is 0 Å². The van der Waals surface area contributed by atoms with E-state index in [-0.39, 0.29) is 17.8 Å². The number of methoxy groups -OCH3 is 1. The molecule has 2 aromatic rings. The van der Waals surface area contributed by atoms with Gasteiger partial charge in [0.05, 0.1) is 7.11 Å². The number of nitrogens with one attached hydrogen (secondary N) is 1. The predicted octanol–water partition coefficient (Wildman–Crippen LogP) is 1.92. The number of anilines is 2. The van der Waals surface area contributed by atoms with Gasteiger partial charge in [-0.2, -0.15) is 0 Å². The third-order valence-corrected chi connectivity index (χ3v) is 4.44. The standard InChI is InChI=1S/C19H21N5O3/c1-27-17(25)9-4-13-2-6-15(7-3-13)23-10-11-24(19(23)26)16-8-5-14(12-22-16)18(20)21/h2-3,5-8,12H,4,9-11H2,1H3,(H3,20,21). The molecule has 3 rings (SSSR count). The first-order valence-corrected chi connectivity index (χ1v) is 8.55. The van der Waals surface area contributed by atoms with Gasteiger partial charge in [-0.05, 0) is 36.2 Å². The Hall–Kier alpha value is -3.42. The van der Waals surface area contributed by atoms with E-state index in [1.165, 1.54) is 13.3 Å². The normalized spacial score (nSPS) is 13.7. The number of aryl methyl sites for hydroxylation is 1. The van der Waals surface area contributed by atoms with Crippen molar-refractivity contribution in [3.05, 3.63) is 53.7 Å². The van der Waals surface area contributed by atoms with Gasteiger partial charge in [0, 0.05) is 37.0 Å². The highest BCUT2D eigenvalue weighted by atomic mass is 16.5. The lowest BCUT2D eigenvalue weighted by molar-refractivity contribution is -0.140. The first-order chi connectivity index (χ1) is 13.0. The second-order valence-electron chi connectivity index (χ2n) is 6.15. The number of benzene rings is 1. The zero-order valence-electron chi connectivity index (χ0n) is 15.0. The Kier molecular flexibility index (Phi) is 5.35. The number of pyridine rings is 1. The second-order valence-corrected chi connectivity index (χ2v) is 6.15. The summed E-state index contributed by atoms with van der Waals surface area (Å²) in [4.78, 5) is 31.5. The molecule has 8 heteroatoms. The second kappa shape index (κ2) is 7.86. The average Bonchev–Trinajstić information content (AvgIpc) is 3.08. The molecule has 3 N–H and O–H groups in total. The Labute approximate surface area is 157 Å². The summed E-state index contributed by atoms with van der Waals surface area (Å²) in [5, 5.41) is 7.40. The topological polar surface area (TPSA) is 113 Å². The van der Waals surface area contributed by atoms with Crippen molar-refractivity contribution < 1.29 is 14.3 Å². The fourth-order valence-corrected chi connectivity index (χ4v) is 2.89. The van der Waals surface area contributed by atoms with E-state index in [0.717, 1.165) is 11.3 Å². The van der Waals surface area contributed by atoms with Crippen LogP contribution in [0.3, 0.4) is 0 Å². The number of carbonyl (C=O) groups is 2. The van der Waals surface area contributed by atoms with E-state index in [4.69, 9.17) is 11.1 Å². The maximum Gasteiger partial charge on any atom is 0.330 e. The largest absolute Gasteiger partial charge is 0.469 e. The number of urea groups is 1. The fourth-order valence-electron chi connectivity index (χ4n) is 2.89. The van der Waals surface area contributed by atoms with Crippen molar-refractivity contribution in [3.63, 3.8) is 0 Å². The molecule has 2 heterocycles. The van der Waals surface area contributed by atoms with Gasteiger partial charge in [-0.15, -0.1) is 0 Å². The zero-order valence-corrected chi connectivity index (χ0v) is 15.0. The smallest absolute Gasteiger partial charge is 0.330 e. The minimum Gasteiger partial charge on any atom is -0.469 e. The molecule has 2 amide bonds. The summed E-state index contributed by atoms with van der Waals surface area (Å²) in [6.45, 7) is 1.08. The molecule has 1 fully saturated rings. The first-order valence-electron chi connectivity index (χ1n) is 8.55. The number of aromatic nitrogens is 1. The molecule has 0 unspecified atom stereocenters. The molecule has 1 saturated heterocycles. The molecule has 27 heavy (non-hydrogen) atoms. The van der Waals surface area contributed by atoms with Crippen LogP contribution in [0.25, 0.3) is 0 Å². The van der Waals surface area contributed by atoms with Gasteiger partial charge in [-0.3, -0.25) is 20.0 Å². The predicted molar refractivity (Wildman–Crippen MR) is 102 cm³/mol. The quantitative estimate of drug-likeness (QED) is 0.460. The van der Waals surface area contributed by atoms with E-state index in [0.29, 0.717) is 37.3 Å². The van der Waals surface area contributed by atoms with Crippen LogP contribution in [0.2, 0.25) is 0 Å². The number of rotatable bonds is 6. The molecule has 1 aromatic heterocycles. The van der Waals surface area contributed by atoms with Crippen LogP contribution in [0.4, 0.5) is 16.3 Å². The number of nitrogens with two attached hydrogens (primary N) is 1. The molecule has 0 radical (unpaired) electrons. The minimum atomic E-state index is -0.243. The SMILES string of the molecule is COC(=O)CCc1ccc(N2CCN(c3ccc(C(=N)N)cn3)C2=O)cc1. The van der Waals surface area contributed by atoms with Crippen molar-refractivity contribution in [2.75, 3.05) is 30.0 Å². The maximum atomic E-state index is 12.7. The number of nitrogens with zero attached hydrogens (tertiary/aromatic N) is 3. The summed E-state index contributed by atoms with van der Waals surface area (Å²) >= 11 is 0. The van der Waals surface area contributed by atoms with Crippen LogP contribution >= 0.6 is 0 Å². The molecule has 1 aromatic carbocycles. The van der Waals surface area contributed by atoms with Crippen molar-refractivity contribution in [2.24, 2.45) is 5.73 Å². The lowest BCUT2D eigenvalue weighted by Crippen LogP contribution is -2.32. The molecule has 0 saturated carbocycles. The van der Waals surface area contributed by atoms with E-state index in [9.17, 15) is 9.59 Å². The Morgan fingerprint density at radius 1 is 1.19 bits per heavy atom. The van der Waals surface area contributed by atoms with Gasteiger partial charge in [-0.25, -0.2) is 9.78 Å². The van der Waals surface area contributed by atoms with Gasteiger partial charge >= 0.3 is 12.0 Å². The summed E-state index contributed by atoms with van der Waals surface area (Å²) < 4.78 is 4.64. The third kappa shape index (κ3) is 4.05. The van der Waals surface area contributed by atoms with Crippen LogP contribution in [0.1, 0.15) is 17.5 Å². The van der Waals surface area contributed by atoms with Crippen LogP contribution in [-0.2, 0) is 16.0 Å². The molecule has 0 atom stereocenters. The average molecular weight is 367 g/mol. The summed E-state index contributed by atoms with van der Waals surface area (Å²) in [5.74, 6) is 0.227. The third-order valence-electron chi connectivity index (χ3n) is 4.44. The number of nitrogen functional groups attached to an aromatic ring is 1. The van der Waals surface area contributed by atoms with Gasteiger partial charge < -0.3 is 10.5 Å². The van der Waals surface area contributed by atoms with Crippen LogP contribution in [0.15, 0.2) is 42.6 Å². The fraction of sp³-hybridized carbons (Fsp3) is 0.263. The van der Waals surface area contributed by atoms with E-state index in [2.05, 4.69) is 9.72 Å².